The van der Waals surface area contributed by atoms with E-state index in [1.165, 1.54) is 0 Å². The van der Waals surface area contributed by atoms with Gasteiger partial charge in [0.25, 0.3) is 0 Å². The number of nitrogens with zero attached hydrogens (tertiary/aromatic N) is 1. The Morgan fingerprint density at radius 3 is 2.94 bits per heavy atom. The van der Waals surface area contributed by atoms with E-state index in [1.807, 2.05) is 24.3 Å². The van der Waals surface area contributed by atoms with Gasteiger partial charge < -0.3 is 10.8 Å². The number of carboxylic acid groups (broad SMARTS) is 1. The molecule has 1 saturated heterocycles. The van der Waals surface area contributed by atoms with Crippen molar-refractivity contribution in [2.75, 3.05) is 19.6 Å². The van der Waals surface area contributed by atoms with E-state index in [9.17, 15) is 4.79 Å². The van der Waals surface area contributed by atoms with E-state index in [-0.39, 0.29) is 12.0 Å². The number of hydrogen-bond acceptors (Lipinski definition) is 3. The maximum atomic E-state index is 11.0. The number of carbonyl (C=O) groups is 1. The van der Waals surface area contributed by atoms with E-state index >= 15 is 0 Å². The molecule has 4 nitrogen and oxygen atoms in total. The van der Waals surface area contributed by atoms with Gasteiger partial charge in [-0.25, -0.2) is 0 Å². The average Bonchev–Trinajstić information content (AvgIpc) is 2.80. The van der Waals surface area contributed by atoms with Crippen molar-refractivity contribution >= 4 is 21.9 Å². The third-order valence-corrected chi connectivity index (χ3v) is 3.96. The molecule has 0 aliphatic carbocycles. The molecule has 0 unspecified atom stereocenters. The highest BCUT2D eigenvalue weighted by Crippen LogP contribution is 2.28. The molecule has 1 aromatic carbocycles. The maximum absolute atomic E-state index is 11.0. The number of aliphatic carboxylic acids is 1. The van der Waals surface area contributed by atoms with Gasteiger partial charge in [0.05, 0.1) is 5.92 Å². The average molecular weight is 313 g/mol. The van der Waals surface area contributed by atoms with Crippen LogP contribution in [0.2, 0.25) is 0 Å². The second-order valence-corrected chi connectivity index (χ2v) is 5.54. The number of nitrogens with two attached hydrogens (primary N) is 1. The van der Waals surface area contributed by atoms with Crippen LogP contribution in [0.15, 0.2) is 28.7 Å². The molecule has 1 fully saturated rings. The van der Waals surface area contributed by atoms with Crippen LogP contribution in [0.1, 0.15) is 18.0 Å². The number of benzene rings is 1. The summed E-state index contributed by atoms with van der Waals surface area (Å²) in [7, 11) is 0. The van der Waals surface area contributed by atoms with Crippen LogP contribution in [0.5, 0.6) is 0 Å². The Bertz CT molecular complexity index is 439. The van der Waals surface area contributed by atoms with Crippen molar-refractivity contribution in [1.29, 1.82) is 0 Å². The maximum Gasteiger partial charge on any atom is 0.307 e. The summed E-state index contributed by atoms with van der Waals surface area (Å²) in [5, 5.41) is 9.03. The van der Waals surface area contributed by atoms with Gasteiger partial charge in [0.15, 0.2) is 0 Å². The number of hydrogen-bond donors (Lipinski definition) is 2. The van der Waals surface area contributed by atoms with Gasteiger partial charge in [0.1, 0.15) is 0 Å². The van der Waals surface area contributed by atoms with Crippen molar-refractivity contribution in [3.8, 4) is 0 Å². The fraction of sp³-hybridized carbons (Fsp3) is 0.462. The zero-order chi connectivity index (χ0) is 13.1. The van der Waals surface area contributed by atoms with Crippen molar-refractivity contribution in [3.05, 3.63) is 34.3 Å². The summed E-state index contributed by atoms with van der Waals surface area (Å²) in [6, 6.07) is 8.14. The van der Waals surface area contributed by atoms with E-state index in [0.717, 1.165) is 16.6 Å². The van der Waals surface area contributed by atoms with Crippen molar-refractivity contribution in [3.63, 3.8) is 0 Å². The molecule has 0 radical (unpaired) electrons. The first-order valence-electron chi connectivity index (χ1n) is 6.04. The first-order valence-corrected chi connectivity index (χ1v) is 6.83. The number of rotatable bonds is 4. The summed E-state index contributed by atoms with van der Waals surface area (Å²) < 4.78 is 1.02. The fourth-order valence-electron chi connectivity index (χ4n) is 2.48. The van der Waals surface area contributed by atoms with E-state index in [1.54, 1.807) is 0 Å². The Morgan fingerprint density at radius 1 is 1.61 bits per heavy atom. The van der Waals surface area contributed by atoms with Gasteiger partial charge in [-0.2, -0.15) is 0 Å². The summed E-state index contributed by atoms with van der Waals surface area (Å²) in [6.07, 6.45) is 0.708. The Kier molecular flexibility index (Phi) is 4.37. The van der Waals surface area contributed by atoms with Crippen molar-refractivity contribution in [1.82, 2.24) is 4.90 Å². The van der Waals surface area contributed by atoms with Crippen LogP contribution >= 0.6 is 15.9 Å². The second-order valence-electron chi connectivity index (χ2n) is 4.63. The highest BCUT2D eigenvalue weighted by Gasteiger charge is 2.32. The normalized spacial score (nSPS) is 22.0. The van der Waals surface area contributed by atoms with Crippen LogP contribution in [0, 0.1) is 5.92 Å². The fourth-order valence-corrected chi connectivity index (χ4v) is 2.90. The monoisotopic (exact) mass is 312 g/mol. The van der Waals surface area contributed by atoms with Crippen LogP contribution in [0.4, 0.5) is 0 Å². The summed E-state index contributed by atoms with van der Waals surface area (Å²) in [6.45, 7) is 1.89. The Morgan fingerprint density at radius 2 is 2.39 bits per heavy atom. The highest BCUT2D eigenvalue weighted by molar-refractivity contribution is 9.10. The lowest BCUT2D eigenvalue weighted by molar-refractivity contribution is -0.141. The molecular weight excluding hydrogens is 296 g/mol. The lowest BCUT2D eigenvalue weighted by Crippen LogP contribution is -2.32. The zero-order valence-electron chi connectivity index (χ0n) is 10.1. The lowest BCUT2D eigenvalue weighted by atomic mass is 10.1. The van der Waals surface area contributed by atoms with Crippen molar-refractivity contribution in [2.45, 2.75) is 12.5 Å². The molecule has 0 saturated carbocycles. The molecular formula is C13H17BrN2O2. The first-order chi connectivity index (χ1) is 8.61. The molecule has 2 rings (SSSR count). The minimum absolute atomic E-state index is 0.104. The van der Waals surface area contributed by atoms with E-state index in [4.69, 9.17) is 10.8 Å². The Hall–Kier alpha value is -0.910. The predicted molar refractivity (Wildman–Crippen MR) is 73.3 cm³/mol. The summed E-state index contributed by atoms with van der Waals surface area (Å²) in [5.41, 5.74) is 6.99. The molecule has 1 aromatic rings. The predicted octanol–water partition coefficient (Wildman–Crippen LogP) is 1.86. The molecule has 1 aliphatic rings. The largest absolute Gasteiger partial charge is 0.481 e. The molecule has 1 aliphatic heterocycles. The molecule has 2 atom stereocenters. The van der Waals surface area contributed by atoms with Gasteiger partial charge >= 0.3 is 5.97 Å². The Balaban J connectivity index is 2.13. The minimum atomic E-state index is -0.706. The van der Waals surface area contributed by atoms with Gasteiger partial charge in [0, 0.05) is 23.6 Å². The molecule has 98 valence electrons. The van der Waals surface area contributed by atoms with Crippen LogP contribution in [-0.4, -0.2) is 35.6 Å². The summed E-state index contributed by atoms with van der Waals surface area (Å²) in [5.74, 6) is -0.964. The smallest absolute Gasteiger partial charge is 0.307 e. The number of carboxylic acids is 1. The summed E-state index contributed by atoms with van der Waals surface area (Å²) >= 11 is 3.45. The van der Waals surface area contributed by atoms with Crippen molar-refractivity contribution in [2.24, 2.45) is 11.7 Å². The third-order valence-electron chi connectivity index (χ3n) is 3.47. The van der Waals surface area contributed by atoms with Gasteiger partial charge in [-0.15, -0.1) is 0 Å². The first kappa shape index (κ1) is 13.5. The summed E-state index contributed by atoms with van der Waals surface area (Å²) in [4.78, 5) is 13.2. The van der Waals surface area contributed by atoms with Crippen LogP contribution in [-0.2, 0) is 4.79 Å². The van der Waals surface area contributed by atoms with E-state index in [0.29, 0.717) is 19.5 Å². The topological polar surface area (TPSA) is 66.6 Å². The quantitative estimate of drug-likeness (QED) is 0.890. The van der Waals surface area contributed by atoms with Gasteiger partial charge in [-0.05, 0) is 30.7 Å². The molecule has 0 bridgehead atoms. The number of halogens is 1. The van der Waals surface area contributed by atoms with Gasteiger partial charge in [-0.3, -0.25) is 9.69 Å². The highest BCUT2D eigenvalue weighted by atomic mass is 79.9. The van der Waals surface area contributed by atoms with Crippen LogP contribution in [0.3, 0.4) is 0 Å². The standard InChI is InChI=1S/C13H17BrN2O2/c14-11-3-1-2-9(6-11)12(7-15)16-5-4-10(8-16)13(17)18/h1-3,6,10,12H,4-5,7-8,15H2,(H,17,18)/t10-,12-/m1/s1. The molecule has 0 spiro atoms. The molecule has 18 heavy (non-hydrogen) atoms. The molecule has 5 heteroatoms. The van der Waals surface area contributed by atoms with Gasteiger partial charge in [0.2, 0.25) is 0 Å². The van der Waals surface area contributed by atoms with E-state index < -0.39 is 5.97 Å². The molecule has 3 N–H and O–H groups in total. The Labute approximate surface area is 115 Å². The van der Waals surface area contributed by atoms with Crippen LogP contribution in [0.25, 0.3) is 0 Å². The number of likely N-dealkylation sites (tertiary alicyclic amines) is 1. The van der Waals surface area contributed by atoms with Gasteiger partial charge in [-0.1, -0.05) is 28.1 Å². The van der Waals surface area contributed by atoms with Crippen molar-refractivity contribution < 1.29 is 9.90 Å². The molecule has 1 heterocycles. The zero-order valence-corrected chi connectivity index (χ0v) is 11.6. The third kappa shape index (κ3) is 2.91. The van der Waals surface area contributed by atoms with Crippen LogP contribution < -0.4 is 5.73 Å². The molecule has 0 amide bonds. The van der Waals surface area contributed by atoms with E-state index in [2.05, 4.69) is 20.8 Å². The minimum Gasteiger partial charge on any atom is -0.481 e. The lowest BCUT2D eigenvalue weighted by Gasteiger charge is -2.27. The molecule has 0 aromatic heterocycles. The SMILES string of the molecule is NC[C@H](c1cccc(Br)c1)N1CC[C@@H](C(=O)O)C1. The second kappa shape index (κ2) is 5.82.